The summed E-state index contributed by atoms with van der Waals surface area (Å²) in [6.07, 6.45) is 3.44. The first-order valence-corrected chi connectivity index (χ1v) is 15.4. The van der Waals surface area contributed by atoms with Crippen LogP contribution in [0, 0.1) is 0 Å². The standard InChI is InChI=1S/C42H30N2/c1-3-11-29(12-4-1)31-19-23-33(24-20-31)43-39-17-9-7-15-35(39)37-27-38-36-16-8-10-18-40(36)44(42(38)28-41(37)43)34-25-21-32(22-26-34)30-13-5-2-6-14-30/h1-26,28,37H,27H2. The summed E-state index contributed by atoms with van der Waals surface area (Å²) in [5.41, 5.74) is 15.3. The van der Waals surface area contributed by atoms with Crippen molar-refractivity contribution in [3.05, 3.63) is 180 Å². The van der Waals surface area contributed by atoms with E-state index in [-0.39, 0.29) is 0 Å². The van der Waals surface area contributed by atoms with Crippen LogP contribution in [0.15, 0.2) is 163 Å². The van der Waals surface area contributed by atoms with Gasteiger partial charge in [0.2, 0.25) is 0 Å². The van der Waals surface area contributed by atoms with Gasteiger partial charge in [-0.1, -0.05) is 121 Å². The lowest BCUT2D eigenvalue weighted by Gasteiger charge is -2.27. The van der Waals surface area contributed by atoms with E-state index in [1.807, 2.05) is 0 Å². The Bertz CT molecular complexity index is 2170. The van der Waals surface area contributed by atoms with Crippen LogP contribution in [0.3, 0.4) is 0 Å². The molecule has 1 aliphatic heterocycles. The number of benzene rings is 6. The second-order valence-electron chi connectivity index (χ2n) is 11.8. The highest BCUT2D eigenvalue weighted by molar-refractivity contribution is 5.94. The minimum Gasteiger partial charge on any atom is -0.313 e. The van der Waals surface area contributed by atoms with Crippen molar-refractivity contribution in [1.29, 1.82) is 0 Å². The van der Waals surface area contributed by atoms with Crippen molar-refractivity contribution in [1.82, 2.24) is 4.57 Å². The van der Waals surface area contributed by atoms with E-state index in [0.29, 0.717) is 5.92 Å². The Balaban J connectivity index is 1.20. The summed E-state index contributed by atoms with van der Waals surface area (Å²) < 4.78 is 2.46. The maximum Gasteiger partial charge on any atom is 0.0537 e. The topological polar surface area (TPSA) is 8.17 Å². The summed E-state index contributed by atoms with van der Waals surface area (Å²) in [7, 11) is 0. The molecule has 0 saturated carbocycles. The molecule has 9 rings (SSSR count). The normalized spacial score (nSPS) is 15.0. The van der Waals surface area contributed by atoms with Crippen LogP contribution in [-0.4, -0.2) is 4.57 Å². The van der Waals surface area contributed by atoms with Gasteiger partial charge in [-0.3, -0.25) is 0 Å². The zero-order chi connectivity index (χ0) is 29.0. The van der Waals surface area contributed by atoms with Gasteiger partial charge in [0.25, 0.3) is 0 Å². The van der Waals surface area contributed by atoms with Crippen molar-refractivity contribution < 1.29 is 0 Å². The van der Waals surface area contributed by atoms with E-state index in [0.717, 1.165) is 6.42 Å². The number of rotatable bonds is 4. The van der Waals surface area contributed by atoms with Gasteiger partial charge in [0.15, 0.2) is 0 Å². The highest BCUT2D eigenvalue weighted by Gasteiger charge is 2.38. The molecule has 208 valence electrons. The van der Waals surface area contributed by atoms with E-state index in [1.165, 1.54) is 72.7 Å². The molecule has 7 aromatic rings. The second-order valence-corrected chi connectivity index (χ2v) is 11.8. The van der Waals surface area contributed by atoms with Crippen LogP contribution in [-0.2, 0) is 6.42 Å². The van der Waals surface area contributed by atoms with Gasteiger partial charge >= 0.3 is 0 Å². The average Bonchev–Trinajstić information content (AvgIpc) is 3.60. The van der Waals surface area contributed by atoms with E-state index in [4.69, 9.17) is 0 Å². The predicted octanol–water partition coefficient (Wildman–Crippen LogP) is 10.8. The highest BCUT2D eigenvalue weighted by Crippen LogP contribution is 2.53. The monoisotopic (exact) mass is 562 g/mol. The van der Waals surface area contributed by atoms with Gasteiger partial charge < -0.3 is 9.47 Å². The number of anilines is 2. The molecule has 44 heavy (non-hydrogen) atoms. The molecule has 1 aliphatic carbocycles. The lowest BCUT2D eigenvalue weighted by molar-refractivity contribution is 0.796. The molecule has 0 spiro atoms. The van der Waals surface area contributed by atoms with Gasteiger partial charge in [-0.15, -0.1) is 0 Å². The second kappa shape index (κ2) is 10.00. The molecule has 2 heterocycles. The molecule has 1 aromatic heterocycles. The molecule has 6 aromatic carbocycles. The maximum absolute atomic E-state index is 2.48. The Hall–Kier alpha value is -5.60. The highest BCUT2D eigenvalue weighted by atomic mass is 15.2. The third-order valence-corrected chi connectivity index (χ3v) is 9.35. The molecule has 0 amide bonds. The van der Waals surface area contributed by atoms with Crippen LogP contribution < -0.4 is 4.90 Å². The van der Waals surface area contributed by atoms with Gasteiger partial charge in [-0.05, 0) is 82.3 Å². The first-order valence-electron chi connectivity index (χ1n) is 15.4. The number of nitrogens with zero attached hydrogens (tertiary/aromatic N) is 2. The quantitative estimate of drug-likeness (QED) is 0.207. The van der Waals surface area contributed by atoms with Crippen LogP contribution >= 0.6 is 0 Å². The summed E-state index contributed by atoms with van der Waals surface area (Å²) in [5, 5.41) is 1.34. The Morgan fingerprint density at radius 1 is 0.477 bits per heavy atom. The number of para-hydroxylation sites is 2. The first-order chi connectivity index (χ1) is 21.8. The van der Waals surface area contributed by atoms with E-state index in [1.54, 1.807) is 0 Å². The summed E-state index contributed by atoms with van der Waals surface area (Å²) in [5.74, 6) is 0.312. The van der Waals surface area contributed by atoms with Crippen LogP contribution in [0.5, 0.6) is 0 Å². The van der Waals surface area contributed by atoms with Crippen molar-refractivity contribution >= 4 is 28.4 Å². The lowest BCUT2D eigenvalue weighted by atomic mass is 9.86. The van der Waals surface area contributed by atoms with Crippen LogP contribution in [0.2, 0.25) is 0 Å². The Morgan fingerprint density at radius 2 is 1.02 bits per heavy atom. The fraction of sp³-hybridized carbons (Fsp3) is 0.0476. The molecule has 0 saturated heterocycles. The molecule has 1 atom stereocenters. The largest absolute Gasteiger partial charge is 0.313 e. The summed E-state index contributed by atoms with van der Waals surface area (Å²) >= 11 is 0. The smallest absolute Gasteiger partial charge is 0.0537 e. The number of hydrogen-bond acceptors (Lipinski definition) is 1. The summed E-state index contributed by atoms with van der Waals surface area (Å²) in [6.45, 7) is 0. The van der Waals surface area contributed by atoms with Crippen LogP contribution in [0.4, 0.5) is 11.4 Å². The van der Waals surface area contributed by atoms with Gasteiger partial charge in [0.05, 0.1) is 11.2 Å². The number of allylic oxidation sites excluding steroid dienone is 1. The third-order valence-electron chi connectivity index (χ3n) is 9.35. The fourth-order valence-electron chi connectivity index (χ4n) is 7.29. The lowest BCUT2D eigenvalue weighted by Crippen LogP contribution is -2.18. The molecule has 0 N–H and O–H groups in total. The maximum atomic E-state index is 2.48. The average molecular weight is 563 g/mol. The van der Waals surface area contributed by atoms with Crippen LogP contribution in [0.25, 0.3) is 44.9 Å². The molecule has 0 radical (unpaired) electrons. The van der Waals surface area contributed by atoms with E-state index >= 15 is 0 Å². The Labute approximate surface area is 257 Å². The molecule has 2 aliphatic rings. The summed E-state index contributed by atoms with van der Waals surface area (Å²) in [4.78, 5) is 2.48. The van der Waals surface area contributed by atoms with Crippen molar-refractivity contribution in [3.8, 4) is 27.9 Å². The van der Waals surface area contributed by atoms with Crippen molar-refractivity contribution in [3.63, 3.8) is 0 Å². The molecule has 2 nitrogen and oxygen atoms in total. The number of fused-ring (bicyclic) bond motifs is 6. The number of hydrogen-bond donors (Lipinski definition) is 0. The predicted molar refractivity (Wildman–Crippen MR) is 184 cm³/mol. The molecule has 0 bridgehead atoms. The van der Waals surface area contributed by atoms with Gasteiger partial charge in [-0.2, -0.15) is 0 Å². The zero-order valence-electron chi connectivity index (χ0n) is 24.3. The van der Waals surface area contributed by atoms with E-state index < -0.39 is 0 Å². The van der Waals surface area contributed by atoms with E-state index in [2.05, 4.69) is 173 Å². The Kier molecular flexibility index (Phi) is 5.67. The summed E-state index contributed by atoms with van der Waals surface area (Å²) in [6, 6.07) is 57.1. The minimum atomic E-state index is 0.312. The fourth-order valence-corrected chi connectivity index (χ4v) is 7.29. The Morgan fingerprint density at radius 3 is 1.70 bits per heavy atom. The number of aromatic nitrogens is 1. The third kappa shape index (κ3) is 3.88. The molecular weight excluding hydrogens is 532 g/mol. The van der Waals surface area contributed by atoms with Crippen molar-refractivity contribution in [2.75, 3.05) is 4.90 Å². The minimum absolute atomic E-state index is 0.312. The van der Waals surface area contributed by atoms with Crippen LogP contribution in [0.1, 0.15) is 22.7 Å². The molecule has 1 unspecified atom stereocenters. The van der Waals surface area contributed by atoms with E-state index in [9.17, 15) is 0 Å². The van der Waals surface area contributed by atoms with Gasteiger partial charge in [0.1, 0.15) is 0 Å². The SMILES string of the molecule is C1=C2C(Cc3c1n(-c1ccc(-c4ccccc4)cc1)c1ccccc31)c1ccccc1N2c1ccc(-c2ccccc2)cc1. The first kappa shape index (κ1) is 24.9. The van der Waals surface area contributed by atoms with Crippen molar-refractivity contribution in [2.45, 2.75) is 12.3 Å². The van der Waals surface area contributed by atoms with Crippen molar-refractivity contribution in [2.24, 2.45) is 0 Å². The van der Waals surface area contributed by atoms with Gasteiger partial charge in [-0.25, -0.2) is 0 Å². The molecule has 2 heteroatoms. The van der Waals surface area contributed by atoms with Gasteiger partial charge in [0, 0.05) is 34.1 Å². The molecular formula is C42H30N2. The zero-order valence-corrected chi connectivity index (χ0v) is 24.3. The molecule has 0 fully saturated rings.